The molecule has 0 radical (unpaired) electrons. The molecule has 0 amide bonds. The second-order valence-electron chi connectivity index (χ2n) is 3.91. The number of carbonyl (C=O) groups is 1. The van der Waals surface area contributed by atoms with Crippen molar-refractivity contribution in [1.29, 1.82) is 0 Å². The molecule has 0 atom stereocenters. The number of carbonyl (C=O) groups excluding carboxylic acids is 1. The van der Waals surface area contributed by atoms with Gasteiger partial charge in [-0.3, -0.25) is 0 Å². The van der Waals surface area contributed by atoms with Crippen LogP contribution in [0, 0.1) is 12.7 Å². The molecular formula is C13H11ClFNO2S. The number of halogens is 2. The smallest absolute Gasteiger partial charge is 0.350 e. The van der Waals surface area contributed by atoms with Gasteiger partial charge in [0.1, 0.15) is 10.7 Å². The van der Waals surface area contributed by atoms with E-state index < -0.39 is 11.8 Å². The molecule has 0 fully saturated rings. The van der Waals surface area contributed by atoms with Crippen molar-refractivity contribution in [2.24, 2.45) is 0 Å². The summed E-state index contributed by atoms with van der Waals surface area (Å²) in [5, 5.41) is 0.419. The average Bonchev–Trinajstić information content (AvgIpc) is 2.69. The van der Waals surface area contributed by atoms with Crippen molar-refractivity contribution in [1.82, 2.24) is 0 Å². The van der Waals surface area contributed by atoms with E-state index in [4.69, 9.17) is 17.3 Å². The SMILES string of the molecule is COC(=O)c1sc(-c2cc(Cl)ccc2F)c(C)c1N. The standard InChI is InChI=1S/C13H11ClFNO2S/c1-6-10(16)12(13(17)18-2)19-11(6)8-5-7(14)3-4-9(8)15/h3-5H,16H2,1-2H3. The highest BCUT2D eigenvalue weighted by atomic mass is 35.5. The van der Waals surface area contributed by atoms with E-state index in [1.165, 1.54) is 25.3 Å². The lowest BCUT2D eigenvalue weighted by molar-refractivity contribution is 0.0607. The summed E-state index contributed by atoms with van der Waals surface area (Å²) in [6.45, 7) is 1.73. The maximum Gasteiger partial charge on any atom is 0.350 e. The second-order valence-corrected chi connectivity index (χ2v) is 5.37. The van der Waals surface area contributed by atoms with Gasteiger partial charge in [-0.25, -0.2) is 9.18 Å². The lowest BCUT2D eigenvalue weighted by Crippen LogP contribution is -2.01. The van der Waals surface area contributed by atoms with Crippen LogP contribution in [0.1, 0.15) is 15.2 Å². The number of hydrogen-bond donors (Lipinski definition) is 1. The lowest BCUT2D eigenvalue weighted by atomic mass is 10.1. The molecule has 2 aromatic rings. The van der Waals surface area contributed by atoms with Crippen molar-refractivity contribution in [3.63, 3.8) is 0 Å². The first-order valence-electron chi connectivity index (χ1n) is 5.38. The molecule has 2 N–H and O–H groups in total. The highest BCUT2D eigenvalue weighted by Gasteiger charge is 2.21. The Bertz CT molecular complexity index is 654. The number of nitrogens with two attached hydrogens (primary N) is 1. The Morgan fingerprint density at radius 3 is 2.79 bits per heavy atom. The van der Waals surface area contributed by atoms with E-state index in [0.717, 1.165) is 11.3 Å². The molecule has 1 heterocycles. The topological polar surface area (TPSA) is 52.3 Å². The minimum absolute atomic E-state index is 0.273. The molecule has 0 aliphatic rings. The number of thiophene rings is 1. The van der Waals surface area contributed by atoms with Gasteiger partial charge in [-0.2, -0.15) is 0 Å². The van der Waals surface area contributed by atoms with Crippen LogP contribution in [0.25, 0.3) is 10.4 Å². The Labute approximate surface area is 118 Å². The molecule has 1 aromatic carbocycles. The monoisotopic (exact) mass is 299 g/mol. The van der Waals surface area contributed by atoms with Crippen molar-refractivity contribution in [2.75, 3.05) is 12.8 Å². The Morgan fingerprint density at radius 1 is 1.47 bits per heavy atom. The third kappa shape index (κ3) is 2.43. The number of benzene rings is 1. The highest BCUT2D eigenvalue weighted by molar-refractivity contribution is 7.18. The van der Waals surface area contributed by atoms with Gasteiger partial charge in [-0.15, -0.1) is 11.3 Å². The lowest BCUT2D eigenvalue weighted by Gasteiger charge is -2.02. The number of hydrogen-bond acceptors (Lipinski definition) is 4. The zero-order valence-corrected chi connectivity index (χ0v) is 11.9. The van der Waals surface area contributed by atoms with Crippen LogP contribution in [0.5, 0.6) is 0 Å². The van der Waals surface area contributed by atoms with Crippen molar-refractivity contribution >= 4 is 34.6 Å². The van der Waals surface area contributed by atoms with Gasteiger partial charge in [0.05, 0.1) is 12.8 Å². The maximum atomic E-state index is 13.9. The molecule has 0 bridgehead atoms. The summed E-state index contributed by atoms with van der Waals surface area (Å²) in [6.07, 6.45) is 0. The number of methoxy groups -OCH3 is 1. The van der Waals surface area contributed by atoms with Gasteiger partial charge in [0.15, 0.2) is 0 Å². The Kier molecular flexibility index (Phi) is 3.78. The van der Waals surface area contributed by atoms with E-state index in [0.29, 0.717) is 26.7 Å². The number of esters is 1. The molecule has 0 unspecified atom stereocenters. The van der Waals surface area contributed by atoms with E-state index in [1.54, 1.807) is 6.92 Å². The van der Waals surface area contributed by atoms with Crippen LogP contribution in [-0.2, 0) is 4.74 Å². The molecule has 0 aliphatic heterocycles. The van der Waals surface area contributed by atoms with Crippen LogP contribution in [-0.4, -0.2) is 13.1 Å². The average molecular weight is 300 g/mol. The molecule has 1 aromatic heterocycles. The van der Waals surface area contributed by atoms with Crippen molar-refractivity contribution < 1.29 is 13.9 Å². The summed E-state index contributed by atoms with van der Waals surface area (Å²) in [7, 11) is 1.27. The molecule has 19 heavy (non-hydrogen) atoms. The quantitative estimate of drug-likeness (QED) is 0.856. The van der Waals surface area contributed by atoms with Gasteiger partial charge in [-0.05, 0) is 30.7 Å². The summed E-state index contributed by atoms with van der Waals surface area (Å²) in [5.41, 5.74) is 7.15. The van der Waals surface area contributed by atoms with Gasteiger partial charge in [0.25, 0.3) is 0 Å². The summed E-state index contributed by atoms with van der Waals surface area (Å²) in [6, 6.07) is 4.26. The van der Waals surface area contributed by atoms with E-state index in [2.05, 4.69) is 4.74 Å². The molecule has 3 nitrogen and oxygen atoms in total. The first kappa shape index (κ1) is 13.8. The summed E-state index contributed by atoms with van der Waals surface area (Å²) in [4.78, 5) is 12.4. The Hall–Kier alpha value is -1.59. The van der Waals surface area contributed by atoms with Crippen LogP contribution >= 0.6 is 22.9 Å². The molecular weight excluding hydrogens is 289 g/mol. The predicted molar refractivity (Wildman–Crippen MR) is 75.2 cm³/mol. The van der Waals surface area contributed by atoms with E-state index >= 15 is 0 Å². The van der Waals surface area contributed by atoms with E-state index in [9.17, 15) is 9.18 Å². The maximum absolute atomic E-state index is 13.9. The summed E-state index contributed by atoms with van der Waals surface area (Å²) < 4.78 is 18.5. The fraction of sp³-hybridized carbons (Fsp3) is 0.154. The molecule has 100 valence electrons. The van der Waals surface area contributed by atoms with Crippen LogP contribution in [0.4, 0.5) is 10.1 Å². The molecule has 0 spiro atoms. The Morgan fingerprint density at radius 2 is 2.16 bits per heavy atom. The Balaban J connectivity index is 2.63. The van der Waals surface area contributed by atoms with Gasteiger partial charge in [0.2, 0.25) is 0 Å². The van der Waals surface area contributed by atoms with Crippen molar-refractivity contribution in [3.05, 3.63) is 39.5 Å². The molecule has 0 aliphatic carbocycles. The first-order chi connectivity index (χ1) is 8.95. The highest BCUT2D eigenvalue weighted by Crippen LogP contribution is 2.40. The number of rotatable bonds is 2. The van der Waals surface area contributed by atoms with Gasteiger partial charge in [-0.1, -0.05) is 11.6 Å². The normalized spacial score (nSPS) is 10.5. The van der Waals surface area contributed by atoms with Gasteiger partial charge in [0, 0.05) is 15.5 Å². The minimum atomic E-state index is -0.528. The first-order valence-corrected chi connectivity index (χ1v) is 6.57. The van der Waals surface area contributed by atoms with Crippen LogP contribution in [0.3, 0.4) is 0 Å². The number of ether oxygens (including phenoxy) is 1. The molecule has 0 saturated carbocycles. The number of nitrogen functional groups attached to an aromatic ring is 1. The predicted octanol–water partition coefficient (Wildman–Crippen LogP) is 3.88. The van der Waals surface area contributed by atoms with Crippen LogP contribution < -0.4 is 5.73 Å². The van der Waals surface area contributed by atoms with Crippen LogP contribution in [0.15, 0.2) is 18.2 Å². The van der Waals surface area contributed by atoms with E-state index in [1.807, 2.05) is 0 Å². The fourth-order valence-corrected chi connectivity index (χ4v) is 3.03. The van der Waals surface area contributed by atoms with Crippen LogP contribution in [0.2, 0.25) is 5.02 Å². The summed E-state index contributed by atoms with van der Waals surface area (Å²) in [5.74, 6) is -0.940. The summed E-state index contributed by atoms with van der Waals surface area (Å²) >= 11 is 6.97. The van der Waals surface area contributed by atoms with Gasteiger partial charge >= 0.3 is 5.97 Å². The second kappa shape index (κ2) is 5.19. The minimum Gasteiger partial charge on any atom is -0.465 e. The van der Waals surface area contributed by atoms with Crippen molar-refractivity contribution in [3.8, 4) is 10.4 Å². The fourth-order valence-electron chi connectivity index (χ4n) is 1.70. The van der Waals surface area contributed by atoms with Crippen molar-refractivity contribution in [2.45, 2.75) is 6.92 Å². The third-order valence-corrected chi connectivity index (χ3v) is 4.29. The zero-order chi connectivity index (χ0) is 14.2. The third-order valence-electron chi connectivity index (χ3n) is 2.74. The largest absolute Gasteiger partial charge is 0.465 e. The number of anilines is 1. The molecule has 2 rings (SSSR count). The van der Waals surface area contributed by atoms with E-state index in [-0.39, 0.29) is 4.88 Å². The zero-order valence-electron chi connectivity index (χ0n) is 10.3. The molecule has 0 saturated heterocycles. The molecule has 6 heteroatoms. The van der Waals surface area contributed by atoms with Gasteiger partial charge < -0.3 is 10.5 Å².